The lowest BCUT2D eigenvalue weighted by molar-refractivity contribution is 0.202. The van der Waals surface area contributed by atoms with Gasteiger partial charge in [0.25, 0.3) is 0 Å². The van der Waals surface area contributed by atoms with Crippen LogP contribution in [-0.4, -0.2) is 15.9 Å². The molecule has 0 saturated heterocycles. The molecule has 1 unspecified atom stereocenters. The molecule has 1 rings (SSSR count). The molecule has 0 bridgehead atoms. The second kappa shape index (κ2) is 2.83. The third kappa shape index (κ3) is 1.72. The molecule has 0 amide bonds. The molecule has 0 radical (unpaired) electrons. The van der Waals surface area contributed by atoms with Crippen LogP contribution in [0.1, 0.15) is 17.8 Å². The molecule has 0 aromatic carbocycles. The van der Waals surface area contributed by atoms with Gasteiger partial charge in [-0.3, -0.25) is 0 Å². The van der Waals surface area contributed by atoms with E-state index < -0.39 is 5.67 Å². The SMILES string of the molecule is Cc1nsc(C(C)(F)CN)n1. The maximum absolute atomic E-state index is 13.3. The van der Waals surface area contributed by atoms with Gasteiger partial charge in [-0.2, -0.15) is 4.37 Å². The van der Waals surface area contributed by atoms with Crippen LogP contribution in [0.15, 0.2) is 0 Å². The minimum atomic E-state index is -1.52. The summed E-state index contributed by atoms with van der Waals surface area (Å²) in [5.41, 5.74) is 3.69. The number of hydrogen-bond donors (Lipinski definition) is 1. The average Bonchev–Trinajstić information content (AvgIpc) is 2.36. The van der Waals surface area contributed by atoms with Crippen LogP contribution in [0, 0.1) is 6.92 Å². The predicted molar refractivity (Wildman–Crippen MR) is 42.2 cm³/mol. The molecule has 0 aliphatic heterocycles. The lowest BCUT2D eigenvalue weighted by atomic mass is 10.1. The molecule has 5 heteroatoms. The Balaban J connectivity index is 2.92. The fraction of sp³-hybridized carbons (Fsp3) is 0.667. The highest BCUT2D eigenvalue weighted by Gasteiger charge is 2.27. The van der Waals surface area contributed by atoms with Gasteiger partial charge in [0.15, 0.2) is 10.7 Å². The summed E-state index contributed by atoms with van der Waals surface area (Å²) in [7, 11) is 0. The molecule has 0 saturated carbocycles. The van der Waals surface area contributed by atoms with Crippen LogP contribution >= 0.6 is 11.5 Å². The molecule has 3 nitrogen and oxygen atoms in total. The number of alkyl halides is 1. The van der Waals surface area contributed by atoms with Crippen LogP contribution in [-0.2, 0) is 5.67 Å². The van der Waals surface area contributed by atoms with Crippen LogP contribution in [0.3, 0.4) is 0 Å². The molecule has 0 fully saturated rings. The number of nitrogens with zero attached hydrogens (tertiary/aromatic N) is 2. The Labute approximate surface area is 68.6 Å². The van der Waals surface area contributed by atoms with Gasteiger partial charge in [-0.1, -0.05) is 0 Å². The zero-order chi connectivity index (χ0) is 8.48. The number of nitrogens with two attached hydrogens (primary N) is 1. The van der Waals surface area contributed by atoms with Crippen LogP contribution in [0.4, 0.5) is 4.39 Å². The van der Waals surface area contributed by atoms with Crippen molar-refractivity contribution in [1.29, 1.82) is 0 Å². The summed E-state index contributed by atoms with van der Waals surface area (Å²) in [6.07, 6.45) is 0. The largest absolute Gasteiger partial charge is 0.327 e. The third-order valence-electron chi connectivity index (χ3n) is 1.36. The molecule has 1 aromatic heterocycles. The molecule has 0 aliphatic carbocycles. The Morgan fingerprint density at radius 2 is 2.36 bits per heavy atom. The smallest absolute Gasteiger partial charge is 0.173 e. The summed E-state index contributed by atoms with van der Waals surface area (Å²) in [6.45, 7) is 3.08. The van der Waals surface area contributed by atoms with Gasteiger partial charge in [0.05, 0.1) is 0 Å². The first-order valence-corrected chi connectivity index (χ1v) is 4.03. The Kier molecular flexibility index (Phi) is 2.20. The highest BCUT2D eigenvalue weighted by molar-refractivity contribution is 7.05. The molecule has 0 aliphatic rings. The summed E-state index contributed by atoms with van der Waals surface area (Å²) in [5, 5.41) is 0.359. The van der Waals surface area contributed by atoms with Crippen LogP contribution < -0.4 is 5.73 Å². The summed E-state index contributed by atoms with van der Waals surface area (Å²) in [4.78, 5) is 3.91. The van der Waals surface area contributed by atoms with E-state index in [0.717, 1.165) is 11.5 Å². The maximum Gasteiger partial charge on any atom is 0.173 e. The maximum atomic E-state index is 13.3. The van der Waals surface area contributed by atoms with E-state index in [0.29, 0.717) is 10.8 Å². The van der Waals surface area contributed by atoms with E-state index in [1.165, 1.54) is 6.92 Å². The molecule has 1 aromatic rings. The molecule has 0 spiro atoms. The number of hydrogen-bond acceptors (Lipinski definition) is 4. The van der Waals surface area contributed by atoms with Crippen LogP contribution in [0.25, 0.3) is 0 Å². The van der Waals surface area contributed by atoms with E-state index in [2.05, 4.69) is 9.36 Å². The van der Waals surface area contributed by atoms with Crippen LogP contribution in [0.2, 0.25) is 0 Å². The first kappa shape index (κ1) is 8.55. The van der Waals surface area contributed by atoms with Gasteiger partial charge in [0.2, 0.25) is 0 Å². The summed E-state index contributed by atoms with van der Waals surface area (Å²) in [5.74, 6) is 0.599. The van der Waals surface area contributed by atoms with E-state index in [-0.39, 0.29) is 6.54 Å². The second-order valence-electron chi connectivity index (χ2n) is 2.55. The van der Waals surface area contributed by atoms with Gasteiger partial charge >= 0.3 is 0 Å². The van der Waals surface area contributed by atoms with Gasteiger partial charge in [0.1, 0.15) is 5.82 Å². The molecule has 1 atom stereocenters. The Hall–Kier alpha value is -0.550. The van der Waals surface area contributed by atoms with E-state index in [1.807, 2.05) is 0 Å². The Bertz CT molecular complexity index is 246. The standard InChI is InChI=1S/C6H10FN3S/c1-4-9-5(11-10-4)6(2,7)3-8/h3,8H2,1-2H3. The third-order valence-corrected chi connectivity index (χ3v) is 2.40. The normalized spacial score (nSPS) is 16.4. The Morgan fingerprint density at radius 3 is 2.73 bits per heavy atom. The lowest BCUT2D eigenvalue weighted by Gasteiger charge is -2.12. The topological polar surface area (TPSA) is 51.8 Å². The molecule has 11 heavy (non-hydrogen) atoms. The molecule has 2 N–H and O–H groups in total. The van der Waals surface area contributed by atoms with Crippen molar-refractivity contribution in [2.45, 2.75) is 19.5 Å². The highest BCUT2D eigenvalue weighted by Crippen LogP contribution is 2.24. The fourth-order valence-electron chi connectivity index (χ4n) is 0.596. The van der Waals surface area contributed by atoms with Gasteiger partial charge in [-0.15, -0.1) is 0 Å². The van der Waals surface area contributed by atoms with E-state index in [9.17, 15) is 4.39 Å². The van der Waals surface area contributed by atoms with Crippen molar-refractivity contribution in [3.05, 3.63) is 10.8 Å². The van der Waals surface area contributed by atoms with Crippen molar-refractivity contribution in [3.8, 4) is 0 Å². The van der Waals surface area contributed by atoms with Crippen molar-refractivity contribution in [2.24, 2.45) is 5.73 Å². The molecule has 1 heterocycles. The lowest BCUT2D eigenvalue weighted by Crippen LogP contribution is -2.26. The van der Waals surface area contributed by atoms with Crippen molar-refractivity contribution < 1.29 is 4.39 Å². The van der Waals surface area contributed by atoms with E-state index in [4.69, 9.17) is 5.73 Å². The molecular formula is C6H10FN3S. The van der Waals surface area contributed by atoms with Crippen LogP contribution in [0.5, 0.6) is 0 Å². The van der Waals surface area contributed by atoms with Gasteiger partial charge in [-0.05, 0) is 25.4 Å². The van der Waals surface area contributed by atoms with Gasteiger partial charge < -0.3 is 5.73 Å². The second-order valence-corrected chi connectivity index (χ2v) is 3.30. The monoisotopic (exact) mass is 175 g/mol. The van der Waals surface area contributed by atoms with Gasteiger partial charge in [0, 0.05) is 6.54 Å². The fourth-order valence-corrected chi connectivity index (χ4v) is 1.30. The molecule has 62 valence electrons. The quantitative estimate of drug-likeness (QED) is 0.729. The zero-order valence-electron chi connectivity index (χ0n) is 6.47. The van der Waals surface area contributed by atoms with Crippen molar-refractivity contribution in [3.63, 3.8) is 0 Å². The summed E-state index contributed by atoms with van der Waals surface area (Å²) < 4.78 is 17.2. The minimum Gasteiger partial charge on any atom is -0.327 e. The predicted octanol–water partition coefficient (Wildman–Crippen LogP) is 0.990. The van der Waals surface area contributed by atoms with E-state index in [1.54, 1.807) is 6.92 Å². The highest BCUT2D eigenvalue weighted by atomic mass is 32.1. The molecular weight excluding hydrogens is 165 g/mol. The average molecular weight is 175 g/mol. The zero-order valence-corrected chi connectivity index (χ0v) is 7.28. The first-order chi connectivity index (χ1) is 5.06. The van der Waals surface area contributed by atoms with Crippen molar-refractivity contribution in [1.82, 2.24) is 9.36 Å². The number of aryl methyl sites for hydroxylation is 1. The number of aromatic nitrogens is 2. The summed E-state index contributed by atoms with van der Waals surface area (Å²) in [6, 6.07) is 0. The Morgan fingerprint density at radius 1 is 1.73 bits per heavy atom. The minimum absolute atomic E-state index is 0.0539. The number of rotatable bonds is 2. The van der Waals surface area contributed by atoms with Crippen molar-refractivity contribution >= 4 is 11.5 Å². The van der Waals surface area contributed by atoms with Gasteiger partial charge in [-0.25, -0.2) is 9.37 Å². The summed E-state index contributed by atoms with van der Waals surface area (Å²) >= 11 is 1.06. The van der Waals surface area contributed by atoms with Crippen molar-refractivity contribution in [2.75, 3.05) is 6.54 Å². The number of halogens is 1. The first-order valence-electron chi connectivity index (χ1n) is 3.26. The van der Waals surface area contributed by atoms with E-state index >= 15 is 0 Å².